The number of aromatic amines is 2. The maximum absolute atomic E-state index is 11.6. The summed E-state index contributed by atoms with van der Waals surface area (Å²) in [5.74, 6) is 1.77. The number of hydrogen-bond donors (Lipinski definition) is 3. The summed E-state index contributed by atoms with van der Waals surface area (Å²) in [5.41, 5.74) is 6.04. The molecule has 1 fully saturated rings. The molecule has 18 heavy (non-hydrogen) atoms. The molecule has 1 aliphatic carbocycles. The number of halogens is 1. The number of anilines is 1. The van der Waals surface area contributed by atoms with Crippen LogP contribution < -0.4 is 11.3 Å². The third kappa shape index (κ3) is 2.33. The number of imidazole rings is 1. The summed E-state index contributed by atoms with van der Waals surface area (Å²) in [7, 11) is 0. The second-order valence-corrected chi connectivity index (χ2v) is 4.67. The first kappa shape index (κ1) is 12.9. The van der Waals surface area contributed by atoms with Crippen LogP contribution in [-0.2, 0) is 6.42 Å². The number of nitrogen functional groups attached to an aromatic ring is 1. The molecule has 2 heterocycles. The number of hydrogen-bond acceptors (Lipinski definition) is 4. The van der Waals surface area contributed by atoms with Gasteiger partial charge in [0, 0.05) is 6.42 Å². The first-order valence-electron chi connectivity index (χ1n) is 5.97. The Morgan fingerprint density at radius 3 is 2.72 bits per heavy atom. The molecular weight excluding hydrogens is 254 g/mol. The van der Waals surface area contributed by atoms with Crippen LogP contribution in [0.25, 0.3) is 11.2 Å². The first-order chi connectivity index (χ1) is 8.22. The minimum Gasteiger partial charge on any atom is -0.369 e. The van der Waals surface area contributed by atoms with Crippen LogP contribution in [0, 0.1) is 5.92 Å². The van der Waals surface area contributed by atoms with Gasteiger partial charge in [-0.3, -0.25) is 9.78 Å². The fraction of sp³-hybridized carbons (Fsp3) is 0.545. The lowest BCUT2D eigenvalue weighted by Gasteiger charge is -2.24. The largest absolute Gasteiger partial charge is 0.369 e. The molecule has 2 aromatic rings. The van der Waals surface area contributed by atoms with E-state index >= 15 is 0 Å². The lowest BCUT2D eigenvalue weighted by atomic mass is 9.82. The van der Waals surface area contributed by atoms with E-state index in [4.69, 9.17) is 5.73 Å². The summed E-state index contributed by atoms with van der Waals surface area (Å²) in [6, 6.07) is 0. The highest BCUT2D eigenvalue weighted by Gasteiger charge is 2.18. The van der Waals surface area contributed by atoms with E-state index in [1.165, 1.54) is 19.3 Å². The lowest BCUT2D eigenvalue weighted by Crippen LogP contribution is -2.12. The molecule has 0 aliphatic heterocycles. The van der Waals surface area contributed by atoms with Crippen molar-refractivity contribution >= 4 is 29.5 Å². The van der Waals surface area contributed by atoms with Gasteiger partial charge in [-0.15, -0.1) is 12.4 Å². The molecule has 7 heteroatoms. The standard InChI is InChI=1S/C11H15N5O.ClH/c12-11-15-9-8(10(17)16-11)13-7(14-9)5-4-6-2-1-3-6;/h6H,1-5H2,(H4,12,13,14,15,16,17);1H. The van der Waals surface area contributed by atoms with Gasteiger partial charge >= 0.3 is 0 Å². The molecule has 0 spiro atoms. The van der Waals surface area contributed by atoms with Crippen molar-refractivity contribution in [2.75, 3.05) is 5.73 Å². The van der Waals surface area contributed by atoms with Crippen molar-refractivity contribution in [3.63, 3.8) is 0 Å². The zero-order valence-corrected chi connectivity index (χ0v) is 10.7. The molecule has 98 valence electrons. The number of aryl methyl sites for hydroxylation is 1. The topological polar surface area (TPSA) is 100 Å². The van der Waals surface area contributed by atoms with Crippen LogP contribution in [-0.4, -0.2) is 19.9 Å². The van der Waals surface area contributed by atoms with Crippen molar-refractivity contribution in [1.29, 1.82) is 0 Å². The maximum Gasteiger partial charge on any atom is 0.278 e. The average molecular weight is 270 g/mol. The number of nitrogens with two attached hydrogens (primary N) is 1. The Kier molecular flexibility index (Phi) is 3.56. The summed E-state index contributed by atoms with van der Waals surface area (Å²) in [6.07, 6.45) is 6.01. The molecule has 0 unspecified atom stereocenters. The number of aromatic nitrogens is 4. The van der Waals surface area contributed by atoms with Crippen molar-refractivity contribution in [2.24, 2.45) is 5.92 Å². The maximum atomic E-state index is 11.6. The smallest absolute Gasteiger partial charge is 0.278 e. The first-order valence-corrected chi connectivity index (χ1v) is 5.97. The summed E-state index contributed by atoms with van der Waals surface area (Å²) >= 11 is 0. The van der Waals surface area contributed by atoms with Gasteiger partial charge in [0.15, 0.2) is 11.2 Å². The van der Waals surface area contributed by atoms with Crippen LogP contribution in [0.3, 0.4) is 0 Å². The highest BCUT2D eigenvalue weighted by molar-refractivity contribution is 5.85. The third-order valence-corrected chi connectivity index (χ3v) is 3.44. The van der Waals surface area contributed by atoms with Gasteiger partial charge in [-0.05, 0) is 12.3 Å². The van der Waals surface area contributed by atoms with E-state index < -0.39 is 0 Å². The number of H-pyrrole nitrogens is 2. The average Bonchev–Trinajstić information content (AvgIpc) is 2.58. The molecule has 3 rings (SSSR count). The molecular formula is C11H16ClN5O. The van der Waals surface area contributed by atoms with E-state index in [0.29, 0.717) is 11.2 Å². The summed E-state index contributed by atoms with van der Waals surface area (Å²) < 4.78 is 0. The minimum atomic E-state index is -0.255. The van der Waals surface area contributed by atoms with Crippen LogP contribution in [0.1, 0.15) is 31.5 Å². The molecule has 1 aliphatic rings. The van der Waals surface area contributed by atoms with E-state index in [2.05, 4.69) is 19.9 Å². The Labute approximate surface area is 110 Å². The number of fused-ring (bicyclic) bond motifs is 1. The summed E-state index contributed by atoms with van der Waals surface area (Å²) in [6.45, 7) is 0. The van der Waals surface area contributed by atoms with Crippen molar-refractivity contribution in [2.45, 2.75) is 32.1 Å². The SMILES string of the molecule is Cl.Nc1nc2nc(CCC3CCC3)[nH]c2c(=O)[nH]1. The number of nitrogens with zero attached hydrogens (tertiary/aromatic N) is 2. The summed E-state index contributed by atoms with van der Waals surface area (Å²) in [5, 5.41) is 0. The molecule has 0 bridgehead atoms. The van der Waals surface area contributed by atoms with E-state index in [0.717, 1.165) is 24.6 Å². The molecule has 0 saturated heterocycles. The van der Waals surface area contributed by atoms with Gasteiger partial charge in [0.25, 0.3) is 5.56 Å². The molecule has 6 nitrogen and oxygen atoms in total. The molecule has 0 amide bonds. The normalized spacial score (nSPS) is 15.3. The Bertz CT molecular complexity index is 601. The van der Waals surface area contributed by atoms with Crippen LogP contribution in [0.4, 0.5) is 5.95 Å². The van der Waals surface area contributed by atoms with Crippen LogP contribution in [0.5, 0.6) is 0 Å². The molecule has 1 saturated carbocycles. The van der Waals surface area contributed by atoms with Gasteiger partial charge in [0.05, 0.1) is 0 Å². The second kappa shape index (κ2) is 4.97. The monoisotopic (exact) mass is 269 g/mol. The van der Waals surface area contributed by atoms with Crippen LogP contribution >= 0.6 is 12.4 Å². The van der Waals surface area contributed by atoms with Crippen molar-refractivity contribution < 1.29 is 0 Å². The van der Waals surface area contributed by atoms with Crippen molar-refractivity contribution in [3.8, 4) is 0 Å². The quantitative estimate of drug-likeness (QED) is 0.784. The van der Waals surface area contributed by atoms with Gasteiger partial charge in [0.1, 0.15) is 5.82 Å². The summed E-state index contributed by atoms with van der Waals surface area (Å²) in [4.78, 5) is 25.3. The second-order valence-electron chi connectivity index (χ2n) is 4.67. The lowest BCUT2D eigenvalue weighted by molar-refractivity contribution is 0.295. The van der Waals surface area contributed by atoms with Gasteiger partial charge in [-0.1, -0.05) is 19.3 Å². The van der Waals surface area contributed by atoms with E-state index in [9.17, 15) is 4.79 Å². The van der Waals surface area contributed by atoms with Crippen molar-refractivity contribution in [3.05, 3.63) is 16.2 Å². The fourth-order valence-electron chi connectivity index (χ4n) is 2.21. The van der Waals surface area contributed by atoms with E-state index in [1.807, 2.05) is 0 Å². The Morgan fingerprint density at radius 1 is 1.28 bits per heavy atom. The number of rotatable bonds is 3. The van der Waals surface area contributed by atoms with E-state index in [-0.39, 0.29) is 23.9 Å². The Morgan fingerprint density at radius 2 is 2.06 bits per heavy atom. The molecule has 2 aromatic heterocycles. The Balaban J connectivity index is 0.00000120. The van der Waals surface area contributed by atoms with E-state index in [1.54, 1.807) is 0 Å². The Hall–Kier alpha value is -1.56. The fourth-order valence-corrected chi connectivity index (χ4v) is 2.21. The van der Waals surface area contributed by atoms with Gasteiger partial charge in [0.2, 0.25) is 5.95 Å². The van der Waals surface area contributed by atoms with Gasteiger partial charge in [-0.25, -0.2) is 4.98 Å². The molecule has 0 atom stereocenters. The predicted octanol–water partition coefficient (Wildman–Crippen LogP) is 1.38. The predicted molar refractivity (Wildman–Crippen MR) is 71.8 cm³/mol. The molecule has 4 N–H and O–H groups in total. The van der Waals surface area contributed by atoms with Crippen molar-refractivity contribution in [1.82, 2.24) is 19.9 Å². The highest BCUT2D eigenvalue weighted by Crippen LogP contribution is 2.30. The third-order valence-electron chi connectivity index (χ3n) is 3.44. The zero-order valence-electron chi connectivity index (χ0n) is 9.90. The van der Waals surface area contributed by atoms with Crippen LogP contribution in [0.2, 0.25) is 0 Å². The van der Waals surface area contributed by atoms with Gasteiger partial charge < -0.3 is 10.7 Å². The zero-order chi connectivity index (χ0) is 11.8. The van der Waals surface area contributed by atoms with Crippen LogP contribution in [0.15, 0.2) is 4.79 Å². The number of nitrogens with one attached hydrogen (secondary N) is 2. The van der Waals surface area contributed by atoms with Gasteiger partial charge in [-0.2, -0.15) is 4.98 Å². The minimum absolute atomic E-state index is 0. The highest BCUT2D eigenvalue weighted by atomic mass is 35.5. The molecule has 0 aromatic carbocycles. The molecule has 0 radical (unpaired) electrons.